The van der Waals surface area contributed by atoms with Crippen LogP contribution < -0.4 is 0 Å². The SMILES string of the molecule is CCCC(C#N)C(O)c1cccc(Cl)c1. The van der Waals surface area contributed by atoms with Crippen molar-refractivity contribution in [3.8, 4) is 6.07 Å². The number of benzene rings is 1. The number of nitrogens with zero attached hydrogens (tertiary/aromatic N) is 1. The quantitative estimate of drug-likeness (QED) is 0.851. The number of aliphatic hydroxyl groups is 1. The molecule has 1 N–H and O–H groups in total. The van der Waals surface area contributed by atoms with Crippen molar-refractivity contribution < 1.29 is 5.11 Å². The predicted molar refractivity (Wildman–Crippen MR) is 60.4 cm³/mol. The van der Waals surface area contributed by atoms with Crippen molar-refractivity contribution in [3.63, 3.8) is 0 Å². The van der Waals surface area contributed by atoms with Gasteiger partial charge in [-0.1, -0.05) is 37.1 Å². The van der Waals surface area contributed by atoms with Gasteiger partial charge in [0.05, 0.1) is 18.1 Å². The Morgan fingerprint density at radius 2 is 2.27 bits per heavy atom. The van der Waals surface area contributed by atoms with Gasteiger partial charge in [0.1, 0.15) is 0 Å². The van der Waals surface area contributed by atoms with Gasteiger partial charge >= 0.3 is 0 Å². The summed E-state index contributed by atoms with van der Waals surface area (Å²) < 4.78 is 0. The fourth-order valence-corrected chi connectivity index (χ4v) is 1.73. The molecule has 0 aliphatic rings. The molecule has 0 aromatic heterocycles. The van der Waals surface area contributed by atoms with E-state index in [9.17, 15) is 5.11 Å². The zero-order chi connectivity index (χ0) is 11.3. The largest absolute Gasteiger partial charge is 0.387 e. The average molecular weight is 224 g/mol. The lowest BCUT2D eigenvalue weighted by atomic mass is 9.93. The molecule has 0 spiro atoms. The van der Waals surface area contributed by atoms with E-state index < -0.39 is 6.10 Å². The summed E-state index contributed by atoms with van der Waals surface area (Å²) >= 11 is 5.82. The first-order valence-electron chi connectivity index (χ1n) is 5.02. The minimum Gasteiger partial charge on any atom is -0.387 e. The van der Waals surface area contributed by atoms with Crippen molar-refractivity contribution >= 4 is 11.6 Å². The average Bonchev–Trinajstić information content (AvgIpc) is 2.25. The Balaban J connectivity index is 2.83. The lowest BCUT2D eigenvalue weighted by molar-refractivity contribution is 0.130. The second-order valence-corrected chi connectivity index (χ2v) is 3.96. The molecule has 3 heteroatoms. The maximum absolute atomic E-state index is 9.95. The molecule has 0 radical (unpaired) electrons. The summed E-state index contributed by atoms with van der Waals surface area (Å²) in [6.07, 6.45) is 0.841. The van der Waals surface area contributed by atoms with Gasteiger partial charge < -0.3 is 5.11 Å². The van der Waals surface area contributed by atoms with Crippen molar-refractivity contribution in [1.29, 1.82) is 5.26 Å². The second kappa shape index (κ2) is 5.75. The lowest BCUT2D eigenvalue weighted by Gasteiger charge is -2.16. The molecular weight excluding hydrogens is 210 g/mol. The van der Waals surface area contributed by atoms with E-state index in [1.54, 1.807) is 24.3 Å². The highest BCUT2D eigenvalue weighted by molar-refractivity contribution is 6.30. The molecule has 2 nitrogen and oxygen atoms in total. The predicted octanol–water partition coefficient (Wildman–Crippen LogP) is 3.31. The maximum Gasteiger partial charge on any atom is 0.0948 e. The van der Waals surface area contributed by atoms with Gasteiger partial charge in [0.2, 0.25) is 0 Å². The van der Waals surface area contributed by atoms with E-state index in [1.165, 1.54) is 0 Å². The smallest absolute Gasteiger partial charge is 0.0948 e. The van der Waals surface area contributed by atoms with Crippen LogP contribution in [0.1, 0.15) is 31.4 Å². The third-order valence-corrected chi connectivity index (χ3v) is 2.57. The highest BCUT2D eigenvalue weighted by atomic mass is 35.5. The first-order valence-corrected chi connectivity index (χ1v) is 5.40. The van der Waals surface area contributed by atoms with E-state index in [1.807, 2.05) is 6.92 Å². The summed E-state index contributed by atoms with van der Waals surface area (Å²) in [6.45, 7) is 2.00. The Bertz CT molecular complexity index is 359. The highest BCUT2D eigenvalue weighted by Gasteiger charge is 2.19. The minimum atomic E-state index is -0.742. The third kappa shape index (κ3) is 3.23. The van der Waals surface area contributed by atoms with Crippen LogP contribution in [0.25, 0.3) is 0 Å². The van der Waals surface area contributed by atoms with Crippen LogP contribution in [0.15, 0.2) is 24.3 Å². The molecular formula is C12H14ClNO. The van der Waals surface area contributed by atoms with Crippen LogP contribution in [-0.2, 0) is 0 Å². The van der Waals surface area contributed by atoms with E-state index in [-0.39, 0.29) is 5.92 Å². The fraction of sp³-hybridized carbons (Fsp3) is 0.417. The van der Waals surface area contributed by atoms with E-state index in [2.05, 4.69) is 6.07 Å². The molecule has 0 aliphatic heterocycles. The number of hydrogen-bond donors (Lipinski definition) is 1. The van der Waals surface area contributed by atoms with E-state index in [0.717, 1.165) is 6.42 Å². The topological polar surface area (TPSA) is 44.0 Å². The Kier molecular flexibility index (Phi) is 4.61. The molecule has 0 aliphatic carbocycles. The second-order valence-electron chi connectivity index (χ2n) is 3.52. The number of aliphatic hydroxyl groups excluding tert-OH is 1. The van der Waals surface area contributed by atoms with Gasteiger partial charge in [-0.05, 0) is 24.1 Å². The Labute approximate surface area is 95.1 Å². The zero-order valence-corrected chi connectivity index (χ0v) is 9.41. The molecule has 15 heavy (non-hydrogen) atoms. The van der Waals surface area contributed by atoms with Crippen molar-refractivity contribution in [3.05, 3.63) is 34.9 Å². The van der Waals surface area contributed by atoms with Gasteiger partial charge in [-0.15, -0.1) is 0 Å². The van der Waals surface area contributed by atoms with Crippen LogP contribution >= 0.6 is 11.6 Å². The van der Waals surface area contributed by atoms with Crippen LogP contribution in [-0.4, -0.2) is 5.11 Å². The molecule has 1 rings (SSSR count). The van der Waals surface area contributed by atoms with Crippen molar-refractivity contribution in [2.45, 2.75) is 25.9 Å². The first kappa shape index (κ1) is 12.0. The summed E-state index contributed by atoms with van der Waals surface area (Å²) in [7, 11) is 0. The van der Waals surface area contributed by atoms with Gasteiger partial charge in [0, 0.05) is 5.02 Å². The molecule has 0 saturated heterocycles. The van der Waals surface area contributed by atoms with Crippen LogP contribution in [0.2, 0.25) is 5.02 Å². The van der Waals surface area contributed by atoms with E-state index >= 15 is 0 Å². The molecule has 1 aromatic rings. The van der Waals surface area contributed by atoms with Crippen LogP contribution in [0.5, 0.6) is 0 Å². The Morgan fingerprint density at radius 1 is 1.53 bits per heavy atom. The molecule has 2 atom stereocenters. The lowest BCUT2D eigenvalue weighted by Crippen LogP contribution is -2.10. The zero-order valence-electron chi connectivity index (χ0n) is 8.65. The van der Waals surface area contributed by atoms with Gasteiger partial charge in [-0.25, -0.2) is 0 Å². The molecule has 80 valence electrons. The van der Waals surface area contributed by atoms with E-state index in [4.69, 9.17) is 16.9 Å². The first-order chi connectivity index (χ1) is 7.19. The highest BCUT2D eigenvalue weighted by Crippen LogP contribution is 2.26. The maximum atomic E-state index is 9.95. The van der Waals surface area contributed by atoms with Gasteiger partial charge in [0.25, 0.3) is 0 Å². The fourth-order valence-electron chi connectivity index (χ4n) is 1.53. The summed E-state index contributed by atoms with van der Waals surface area (Å²) in [5.74, 6) is -0.353. The molecule has 0 heterocycles. The van der Waals surface area contributed by atoms with Crippen molar-refractivity contribution in [2.24, 2.45) is 5.92 Å². The van der Waals surface area contributed by atoms with E-state index in [0.29, 0.717) is 17.0 Å². The number of hydrogen-bond acceptors (Lipinski definition) is 2. The molecule has 0 fully saturated rings. The molecule has 0 saturated carbocycles. The van der Waals surface area contributed by atoms with Crippen LogP contribution in [0.3, 0.4) is 0 Å². The van der Waals surface area contributed by atoms with Crippen LogP contribution in [0, 0.1) is 17.2 Å². The van der Waals surface area contributed by atoms with Gasteiger partial charge in [0.15, 0.2) is 0 Å². The van der Waals surface area contributed by atoms with Crippen molar-refractivity contribution in [1.82, 2.24) is 0 Å². The molecule has 0 amide bonds. The monoisotopic (exact) mass is 223 g/mol. The Morgan fingerprint density at radius 3 is 2.80 bits per heavy atom. The van der Waals surface area contributed by atoms with Gasteiger partial charge in [-0.3, -0.25) is 0 Å². The standard InChI is InChI=1S/C12H14ClNO/c1-2-4-10(8-14)12(15)9-5-3-6-11(13)7-9/h3,5-7,10,12,15H,2,4H2,1H3. The summed E-state index contributed by atoms with van der Waals surface area (Å²) in [5.41, 5.74) is 0.711. The minimum absolute atomic E-state index is 0.353. The molecule has 0 bridgehead atoms. The van der Waals surface area contributed by atoms with Crippen molar-refractivity contribution in [2.75, 3.05) is 0 Å². The number of halogens is 1. The Hall–Kier alpha value is -1.04. The summed E-state index contributed by atoms with van der Waals surface area (Å²) in [4.78, 5) is 0. The summed E-state index contributed by atoms with van der Waals surface area (Å²) in [5, 5.41) is 19.5. The summed E-state index contributed by atoms with van der Waals surface area (Å²) in [6, 6.07) is 9.14. The van der Waals surface area contributed by atoms with Gasteiger partial charge in [-0.2, -0.15) is 5.26 Å². The normalized spacial score (nSPS) is 14.3. The molecule has 1 aromatic carbocycles. The van der Waals surface area contributed by atoms with Crippen LogP contribution in [0.4, 0.5) is 0 Å². The third-order valence-electron chi connectivity index (χ3n) is 2.34. The number of rotatable bonds is 4. The molecule has 2 unspecified atom stereocenters. The number of nitriles is 1.